The molecule has 0 radical (unpaired) electrons. The molecule has 1 rings (SSSR count). The zero-order chi connectivity index (χ0) is 11.8. The van der Waals surface area contributed by atoms with Gasteiger partial charge in [0.05, 0.1) is 6.61 Å². The SMILES string of the molecule is CC.Cc1cnc(OC(F)F)c(CO)c1. The van der Waals surface area contributed by atoms with Crippen molar-refractivity contribution in [2.45, 2.75) is 34.0 Å². The maximum absolute atomic E-state index is 11.8. The fourth-order valence-electron chi connectivity index (χ4n) is 0.921. The Kier molecular flexibility index (Phi) is 6.53. The van der Waals surface area contributed by atoms with Gasteiger partial charge in [-0.25, -0.2) is 4.98 Å². The van der Waals surface area contributed by atoms with Crippen LogP contribution < -0.4 is 4.74 Å². The normalized spacial score (nSPS) is 9.53. The van der Waals surface area contributed by atoms with E-state index in [-0.39, 0.29) is 18.1 Å². The summed E-state index contributed by atoms with van der Waals surface area (Å²) in [6.07, 6.45) is 1.40. The Morgan fingerprint density at radius 3 is 2.53 bits per heavy atom. The molecule has 0 saturated carbocycles. The number of aryl methyl sites for hydroxylation is 1. The van der Waals surface area contributed by atoms with Crippen LogP contribution in [0.5, 0.6) is 5.88 Å². The van der Waals surface area contributed by atoms with Gasteiger partial charge in [0.15, 0.2) is 0 Å². The molecule has 1 N–H and O–H groups in total. The van der Waals surface area contributed by atoms with Crippen LogP contribution in [0.3, 0.4) is 0 Å². The molecule has 3 nitrogen and oxygen atoms in total. The largest absolute Gasteiger partial charge is 0.417 e. The van der Waals surface area contributed by atoms with Gasteiger partial charge in [0, 0.05) is 11.8 Å². The monoisotopic (exact) mass is 219 g/mol. The maximum atomic E-state index is 11.8. The highest BCUT2D eigenvalue weighted by molar-refractivity contribution is 5.28. The van der Waals surface area contributed by atoms with Crippen LogP contribution in [0.2, 0.25) is 0 Å². The minimum Gasteiger partial charge on any atom is -0.417 e. The number of pyridine rings is 1. The molecule has 0 fully saturated rings. The quantitative estimate of drug-likeness (QED) is 0.849. The third kappa shape index (κ3) is 4.69. The van der Waals surface area contributed by atoms with Crippen LogP contribution in [0.15, 0.2) is 12.3 Å². The molecule has 0 aliphatic rings. The first-order valence-corrected chi connectivity index (χ1v) is 4.64. The van der Waals surface area contributed by atoms with Gasteiger partial charge in [-0.2, -0.15) is 8.78 Å². The van der Waals surface area contributed by atoms with Gasteiger partial charge in [0.2, 0.25) is 5.88 Å². The molecule has 0 bridgehead atoms. The van der Waals surface area contributed by atoms with Crippen molar-refractivity contribution >= 4 is 0 Å². The maximum Gasteiger partial charge on any atom is 0.388 e. The van der Waals surface area contributed by atoms with Crippen LogP contribution in [0.4, 0.5) is 8.78 Å². The van der Waals surface area contributed by atoms with E-state index in [1.165, 1.54) is 6.20 Å². The lowest BCUT2D eigenvalue weighted by Gasteiger charge is -2.07. The van der Waals surface area contributed by atoms with Crippen LogP contribution in [0.1, 0.15) is 25.0 Å². The summed E-state index contributed by atoms with van der Waals surface area (Å²) in [5.74, 6) is -0.219. The molecule has 0 amide bonds. The number of halogens is 2. The van der Waals surface area contributed by atoms with Gasteiger partial charge in [0.25, 0.3) is 0 Å². The minimum absolute atomic E-state index is 0.219. The lowest BCUT2D eigenvalue weighted by molar-refractivity contribution is -0.0540. The molecule has 86 valence electrons. The van der Waals surface area contributed by atoms with Gasteiger partial charge in [-0.1, -0.05) is 13.8 Å². The first-order valence-electron chi connectivity index (χ1n) is 4.64. The van der Waals surface area contributed by atoms with Crippen molar-refractivity contribution in [2.24, 2.45) is 0 Å². The third-order valence-electron chi connectivity index (χ3n) is 1.43. The Balaban J connectivity index is 0.000000921. The minimum atomic E-state index is -2.92. The van der Waals surface area contributed by atoms with Gasteiger partial charge < -0.3 is 9.84 Å². The fraction of sp³-hybridized carbons (Fsp3) is 0.500. The second kappa shape index (κ2) is 7.11. The molecule has 1 heterocycles. The van der Waals surface area contributed by atoms with E-state index >= 15 is 0 Å². The Bertz CT molecular complexity index is 293. The molecule has 0 unspecified atom stereocenters. The average molecular weight is 219 g/mol. The van der Waals surface area contributed by atoms with Crippen LogP contribution in [0.25, 0.3) is 0 Å². The average Bonchev–Trinajstić information content (AvgIpc) is 2.23. The number of aliphatic hydroxyl groups excluding tert-OH is 1. The lowest BCUT2D eigenvalue weighted by Crippen LogP contribution is -2.06. The van der Waals surface area contributed by atoms with Gasteiger partial charge in [0.1, 0.15) is 0 Å². The second-order valence-corrected chi connectivity index (χ2v) is 2.51. The van der Waals surface area contributed by atoms with Crippen LogP contribution in [-0.4, -0.2) is 16.7 Å². The zero-order valence-corrected chi connectivity index (χ0v) is 9.00. The number of nitrogens with zero attached hydrogens (tertiary/aromatic N) is 1. The Labute approximate surface area is 87.7 Å². The Morgan fingerprint density at radius 2 is 2.07 bits per heavy atom. The summed E-state index contributed by atoms with van der Waals surface area (Å²) in [5.41, 5.74) is 1.05. The molecule has 0 atom stereocenters. The zero-order valence-electron chi connectivity index (χ0n) is 9.00. The van der Waals surface area contributed by atoms with E-state index in [2.05, 4.69) is 9.72 Å². The predicted molar refractivity (Wildman–Crippen MR) is 52.9 cm³/mol. The van der Waals surface area contributed by atoms with Gasteiger partial charge >= 0.3 is 6.61 Å². The van der Waals surface area contributed by atoms with Crippen LogP contribution in [-0.2, 0) is 6.61 Å². The summed E-state index contributed by atoms with van der Waals surface area (Å²) >= 11 is 0. The second-order valence-electron chi connectivity index (χ2n) is 2.51. The van der Waals surface area contributed by atoms with Crippen molar-refractivity contribution in [3.05, 3.63) is 23.4 Å². The van der Waals surface area contributed by atoms with E-state index in [4.69, 9.17) is 5.11 Å². The summed E-state index contributed by atoms with van der Waals surface area (Å²) in [7, 11) is 0. The molecular formula is C10H15F2NO2. The van der Waals surface area contributed by atoms with Gasteiger partial charge in [-0.3, -0.25) is 0 Å². The first-order chi connectivity index (χ1) is 7.13. The van der Waals surface area contributed by atoms with E-state index in [1.807, 2.05) is 13.8 Å². The number of alkyl halides is 2. The highest BCUT2D eigenvalue weighted by atomic mass is 19.3. The molecule has 1 aromatic rings. The van der Waals surface area contributed by atoms with E-state index < -0.39 is 6.61 Å². The molecule has 0 aliphatic heterocycles. The number of aromatic nitrogens is 1. The van der Waals surface area contributed by atoms with Gasteiger partial charge in [-0.05, 0) is 18.6 Å². The standard InChI is InChI=1S/C8H9F2NO2.C2H6/c1-5-2-6(4-12)7(11-3-5)13-8(9)10;1-2/h2-3,8,12H,4H2,1H3;1-2H3. The van der Waals surface area contributed by atoms with E-state index in [9.17, 15) is 8.78 Å². The van der Waals surface area contributed by atoms with Gasteiger partial charge in [-0.15, -0.1) is 0 Å². The first kappa shape index (κ1) is 13.8. The molecule has 0 aliphatic carbocycles. The fourth-order valence-corrected chi connectivity index (χ4v) is 0.921. The number of hydrogen-bond donors (Lipinski definition) is 1. The van der Waals surface area contributed by atoms with E-state index in [0.717, 1.165) is 5.56 Å². The van der Waals surface area contributed by atoms with Crippen molar-refractivity contribution in [1.82, 2.24) is 4.98 Å². The summed E-state index contributed by atoms with van der Waals surface area (Å²) in [6, 6.07) is 1.55. The number of ether oxygens (including phenoxy) is 1. The topological polar surface area (TPSA) is 42.4 Å². The molecule has 0 saturated heterocycles. The summed E-state index contributed by atoms with van der Waals surface area (Å²) in [4.78, 5) is 3.63. The molecule has 1 aromatic heterocycles. The summed E-state index contributed by atoms with van der Waals surface area (Å²) in [6.45, 7) is 2.47. The highest BCUT2D eigenvalue weighted by Gasteiger charge is 2.10. The molecule has 0 spiro atoms. The van der Waals surface area contributed by atoms with E-state index in [0.29, 0.717) is 0 Å². The molecular weight excluding hydrogens is 204 g/mol. The highest BCUT2D eigenvalue weighted by Crippen LogP contribution is 2.18. The number of rotatable bonds is 3. The van der Waals surface area contributed by atoms with E-state index in [1.54, 1.807) is 13.0 Å². The number of hydrogen-bond acceptors (Lipinski definition) is 3. The van der Waals surface area contributed by atoms with Crippen molar-refractivity contribution in [3.63, 3.8) is 0 Å². The number of aliphatic hydroxyl groups is 1. The Morgan fingerprint density at radius 1 is 1.47 bits per heavy atom. The Hall–Kier alpha value is -1.23. The molecule has 0 aromatic carbocycles. The van der Waals surface area contributed by atoms with Crippen LogP contribution >= 0.6 is 0 Å². The van der Waals surface area contributed by atoms with Crippen molar-refractivity contribution < 1.29 is 18.6 Å². The van der Waals surface area contributed by atoms with Crippen LogP contribution in [0, 0.1) is 6.92 Å². The van der Waals surface area contributed by atoms with Crippen molar-refractivity contribution in [1.29, 1.82) is 0 Å². The predicted octanol–water partition coefficient (Wildman–Crippen LogP) is 2.51. The molecule has 5 heteroatoms. The summed E-state index contributed by atoms with van der Waals surface area (Å²) in [5, 5.41) is 8.79. The van der Waals surface area contributed by atoms with Crippen molar-refractivity contribution in [3.8, 4) is 5.88 Å². The summed E-state index contributed by atoms with van der Waals surface area (Å²) < 4.78 is 27.7. The van der Waals surface area contributed by atoms with Crippen molar-refractivity contribution in [2.75, 3.05) is 0 Å². The third-order valence-corrected chi connectivity index (χ3v) is 1.43. The lowest BCUT2D eigenvalue weighted by atomic mass is 10.2. The smallest absolute Gasteiger partial charge is 0.388 e. The molecule has 15 heavy (non-hydrogen) atoms.